The number of para-hydroxylation sites is 1. The number of hydrogen-bond acceptors (Lipinski definition) is 6. The Labute approximate surface area is 200 Å². The molecule has 9 nitrogen and oxygen atoms in total. The number of halogens is 2. The maximum absolute atomic E-state index is 12.2. The van der Waals surface area contributed by atoms with Gasteiger partial charge in [-0.2, -0.15) is 5.10 Å². The predicted octanol–water partition coefficient (Wildman–Crippen LogP) is 2.76. The third-order valence-corrected chi connectivity index (χ3v) is 5.31. The molecule has 1 aliphatic heterocycles. The van der Waals surface area contributed by atoms with Gasteiger partial charge in [0.1, 0.15) is 5.75 Å². The number of nitrogens with one attached hydrogen (secondary N) is 3. The summed E-state index contributed by atoms with van der Waals surface area (Å²) < 4.78 is 10.9. The first-order chi connectivity index (χ1) is 15.9. The van der Waals surface area contributed by atoms with Gasteiger partial charge in [-0.3, -0.25) is 14.4 Å². The van der Waals surface area contributed by atoms with Crippen LogP contribution in [0.2, 0.25) is 10.0 Å². The summed E-state index contributed by atoms with van der Waals surface area (Å²) in [6.45, 7) is 0.662. The van der Waals surface area contributed by atoms with Gasteiger partial charge < -0.3 is 20.1 Å². The number of ether oxygens (including phenoxy) is 2. The van der Waals surface area contributed by atoms with Gasteiger partial charge in [0.05, 0.1) is 22.4 Å². The minimum Gasteiger partial charge on any atom is -0.483 e. The number of benzene rings is 2. The van der Waals surface area contributed by atoms with Gasteiger partial charge >= 0.3 is 11.8 Å². The molecule has 2 aromatic carbocycles. The van der Waals surface area contributed by atoms with Crippen molar-refractivity contribution < 1.29 is 23.9 Å². The van der Waals surface area contributed by atoms with E-state index in [4.69, 9.17) is 32.7 Å². The molecule has 1 aliphatic rings. The molecule has 3 amide bonds. The molecule has 0 spiro atoms. The Hall–Kier alpha value is -3.14. The van der Waals surface area contributed by atoms with Crippen molar-refractivity contribution in [2.24, 2.45) is 5.10 Å². The van der Waals surface area contributed by atoms with Crippen LogP contribution in [0.25, 0.3) is 0 Å². The van der Waals surface area contributed by atoms with E-state index >= 15 is 0 Å². The summed E-state index contributed by atoms with van der Waals surface area (Å²) in [6.07, 6.45) is 3.04. The molecule has 33 heavy (non-hydrogen) atoms. The molecule has 2 aromatic rings. The fourth-order valence-corrected chi connectivity index (χ4v) is 3.23. The summed E-state index contributed by atoms with van der Waals surface area (Å²) in [5, 5.41) is 9.65. The first-order valence-electron chi connectivity index (χ1n) is 10.1. The van der Waals surface area contributed by atoms with Gasteiger partial charge in [0.2, 0.25) is 0 Å². The first-order valence-corrected chi connectivity index (χ1v) is 10.9. The lowest BCUT2D eigenvalue weighted by atomic mass is 10.2. The number of rotatable bonds is 8. The van der Waals surface area contributed by atoms with Crippen molar-refractivity contribution in [1.29, 1.82) is 0 Å². The molecule has 3 N–H and O–H groups in total. The van der Waals surface area contributed by atoms with Crippen molar-refractivity contribution in [3.8, 4) is 5.75 Å². The highest BCUT2D eigenvalue weighted by atomic mass is 35.5. The monoisotopic (exact) mass is 492 g/mol. The molecule has 0 radical (unpaired) electrons. The van der Waals surface area contributed by atoms with Crippen molar-refractivity contribution in [1.82, 2.24) is 10.7 Å². The zero-order valence-corrected chi connectivity index (χ0v) is 19.0. The Balaban J connectivity index is 1.48. The largest absolute Gasteiger partial charge is 0.483 e. The molecule has 174 valence electrons. The quantitative estimate of drug-likeness (QED) is 0.297. The number of hydrogen-bond donors (Lipinski definition) is 3. The summed E-state index contributed by atoms with van der Waals surface area (Å²) >= 11 is 11.8. The molecular weight excluding hydrogens is 471 g/mol. The SMILES string of the molecule is O=C(COc1ccccc1/C=N\NC(=O)C(=O)NC[C@H]1CCCO1)Nc1ccc(Cl)c(Cl)c1. The highest BCUT2D eigenvalue weighted by Crippen LogP contribution is 2.25. The van der Waals surface area contributed by atoms with Gasteiger partial charge in [-0.15, -0.1) is 0 Å². The van der Waals surface area contributed by atoms with E-state index in [9.17, 15) is 14.4 Å². The maximum Gasteiger partial charge on any atom is 0.329 e. The minimum atomic E-state index is -0.899. The normalized spacial score (nSPS) is 15.3. The molecule has 1 saturated heterocycles. The Morgan fingerprint density at radius 1 is 1.12 bits per heavy atom. The van der Waals surface area contributed by atoms with Crippen molar-refractivity contribution >= 4 is 52.8 Å². The molecule has 1 fully saturated rings. The van der Waals surface area contributed by atoms with Crippen molar-refractivity contribution in [3.63, 3.8) is 0 Å². The number of nitrogens with zero attached hydrogens (tertiary/aromatic N) is 1. The van der Waals surface area contributed by atoms with E-state index in [1.54, 1.807) is 36.4 Å². The predicted molar refractivity (Wildman–Crippen MR) is 125 cm³/mol. The van der Waals surface area contributed by atoms with Gasteiger partial charge in [0.15, 0.2) is 6.61 Å². The summed E-state index contributed by atoms with van der Waals surface area (Å²) in [7, 11) is 0. The molecule has 1 atom stereocenters. The van der Waals surface area contributed by atoms with Crippen molar-refractivity contribution in [2.45, 2.75) is 18.9 Å². The Morgan fingerprint density at radius 2 is 1.94 bits per heavy atom. The Bertz CT molecular complexity index is 1040. The van der Waals surface area contributed by atoms with Gasteiger partial charge in [0.25, 0.3) is 5.91 Å². The van der Waals surface area contributed by atoms with E-state index < -0.39 is 17.7 Å². The molecule has 3 rings (SSSR count). The highest BCUT2D eigenvalue weighted by molar-refractivity contribution is 6.42. The van der Waals surface area contributed by atoms with Crippen LogP contribution in [0.3, 0.4) is 0 Å². The van der Waals surface area contributed by atoms with Crippen LogP contribution in [0, 0.1) is 0 Å². The lowest BCUT2D eigenvalue weighted by Crippen LogP contribution is -2.41. The number of amides is 3. The van der Waals surface area contributed by atoms with Crippen LogP contribution in [-0.4, -0.2) is 49.8 Å². The minimum absolute atomic E-state index is 0.0665. The summed E-state index contributed by atoms with van der Waals surface area (Å²) in [5.41, 5.74) is 3.14. The van der Waals surface area contributed by atoms with Crippen LogP contribution in [-0.2, 0) is 19.1 Å². The van der Waals surface area contributed by atoms with Gasteiger partial charge in [-0.25, -0.2) is 5.43 Å². The van der Waals surface area contributed by atoms with Crippen molar-refractivity contribution in [3.05, 3.63) is 58.1 Å². The second kappa shape index (κ2) is 12.2. The number of carbonyl (C=O) groups excluding carboxylic acids is 3. The zero-order chi connectivity index (χ0) is 23.6. The number of anilines is 1. The maximum atomic E-state index is 12.2. The third-order valence-electron chi connectivity index (χ3n) is 4.57. The molecule has 1 heterocycles. The van der Waals surface area contributed by atoms with E-state index in [1.165, 1.54) is 12.3 Å². The lowest BCUT2D eigenvalue weighted by molar-refractivity contribution is -0.139. The van der Waals surface area contributed by atoms with E-state index in [-0.39, 0.29) is 19.3 Å². The average Bonchev–Trinajstić information content (AvgIpc) is 3.33. The molecule has 0 unspecified atom stereocenters. The molecule has 11 heteroatoms. The molecule has 0 bridgehead atoms. The lowest BCUT2D eigenvalue weighted by Gasteiger charge is -2.10. The summed E-state index contributed by atoms with van der Waals surface area (Å²) in [5.74, 6) is -1.74. The zero-order valence-electron chi connectivity index (χ0n) is 17.5. The highest BCUT2D eigenvalue weighted by Gasteiger charge is 2.19. The van der Waals surface area contributed by atoms with Gasteiger partial charge in [-0.1, -0.05) is 35.3 Å². The van der Waals surface area contributed by atoms with Gasteiger partial charge in [0, 0.05) is 24.4 Å². The Kier molecular flexibility index (Phi) is 9.05. The van der Waals surface area contributed by atoms with Crippen LogP contribution in [0.5, 0.6) is 5.75 Å². The molecule has 0 aromatic heterocycles. The molecule has 0 saturated carbocycles. The van der Waals surface area contributed by atoms with Crippen LogP contribution in [0.1, 0.15) is 18.4 Å². The van der Waals surface area contributed by atoms with E-state index in [0.29, 0.717) is 33.7 Å². The second-order valence-corrected chi connectivity index (χ2v) is 7.86. The smallest absolute Gasteiger partial charge is 0.329 e. The van der Waals surface area contributed by atoms with E-state index in [0.717, 1.165) is 12.8 Å². The average molecular weight is 493 g/mol. The topological polar surface area (TPSA) is 118 Å². The van der Waals surface area contributed by atoms with Crippen LogP contribution in [0.4, 0.5) is 5.69 Å². The number of hydrazone groups is 1. The standard InChI is InChI=1S/C22H22Cl2N4O5/c23-17-8-7-15(10-18(17)24)27-20(29)13-33-19-6-2-1-4-14(19)11-26-28-22(31)21(30)25-12-16-5-3-9-32-16/h1-2,4,6-8,10-11,16H,3,5,9,12-13H2,(H,25,30)(H,27,29)(H,28,31)/b26-11-/t16-/m1/s1. The summed E-state index contributed by atoms with van der Waals surface area (Å²) in [6, 6.07) is 11.5. The first kappa shape index (κ1) is 24.5. The fraction of sp³-hybridized carbons (Fsp3) is 0.273. The van der Waals surface area contributed by atoms with Gasteiger partial charge in [-0.05, 0) is 43.2 Å². The van der Waals surface area contributed by atoms with Crippen molar-refractivity contribution in [2.75, 3.05) is 25.1 Å². The van der Waals surface area contributed by atoms with Crippen LogP contribution in [0.15, 0.2) is 47.6 Å². The third kappa shape index (κ3) is 7.74. The van der Waals surface area contributed by atoms with E-state index in [2.05, 4.69) is 21.2 Å². The molecular formula is C22H22Cl2N4O5. The summed E-state index contributed by atoms with van der Waals surface area (Å²) in [4.78, 5) is 35.9. The van der Waals surface area contributed by atoms with Crippen LogP contribution < -0.4 is 20.8 Å². The fourth-order valence-electron chi connectivity index (χ4n) is 2.94. The Morgan fingerprint density at radius 3 is 2.70 bits per heavy atom. The molecule has 0 aliphatic carbocycles. The number of carbonyl (C=O) groups is 3. The second-order valence-electron chi connectivity index (χ2n) is 7.05. The van der Waals surface area contributed by atoms with Crippen LogP contribution >= 0.6 is 23.2 Å². The van der Waals surface area contributed by atoms with E-state index in [1.807, 2.05) is 0 Å².